The molecule has 2 N–H and O–H groups in total. The highest BCUT2D eigenvalue weighted by molar-refractivity contribution is 7.20. The predicted octanol–water partition coefficient (Wildman–Crippen LogP) is 2.93. The molecule has 2 aliphatic rings. The number of piperazine rings is 1. The van der Waals surface area contributed by atoms with Crippen molar-refractivity contribution in [2.24, 2.45) is 0 Å². The van der Waals surface area contributed by atoms with Crippen molar-refractivity contribution in [2.45, 2.75) is 26.4 Å². The normalized spacial score (nSPS) is 17.5. The van der Waals surface area contributed by atoms with Crippen molar-refractivity contribution in [1.29, 1.82) is 0 Å². The second-order valence-corrected chi connectivity index (χ2v) is 9.65. The first-order valence-electron chi connectivity index (χ1n) is 11.8. The van der Waals surface area contributed by atoms with Gasteiger partial charge in [0.05, 0.1) is 29.4 Å². The molecule has 2 saturated heterocycles. The minimum absolute atomic E-state index is 0.0512. The Hall–Kier alpha value is -3.94. The monoisotopic (exact) mass is 534 g/mol. The summed E-state index contributed by atoms with van der Waals surface area (Å²) in [6.45, 7) is 5.12. The van der Waals surface area contributed by atoms with Crippen LogP contribution in [0.15, 0.2) is 24.3 Å². The van der Waals surface area contributed by atoms with Gasteiger partial charge in [-0.25, -0.2) is 9.18 Å². The van der Waals surface area contributed by atoms with E-state index in [4.69, 9.17) is 4.74 Å². The number of amides is 3. The van der Waals surface area contributed by atoms with E-state index in [9.17, 15) is 24.5 Å². The van der Waals surface area contributed by atoms with Gasteiger partial charge in [0.2, 0.25) is 11.8 Å². The van der Waals surface area contributed by atoms with Gasteiger partial charge in [-0.1, -0.05) is 6.92 Å². The van der Waals surface area contributed by atoms with Gasteiger partial charge >= 0.3 is 11.1 Å². The molecular weight excluding hydrogens is 507 g/mol. The largest absolute Gasteiger partial charge is 0.442 e. The average Bonchev–Trinajstić information content (AvgIpc) is 3.46. The van der Waals surface area contributed by atoms with Crippen molar-refractivity contribution in [3.63, 3.8) is 0 Å². The van der Waals surface area contributed by atoms with Gasteiger partial charge in [-0.3, -0.25) is 24.6 Å². The van der Waals surface area contributed by atoms with Gasteiger partial charge in [-0.15, -0.1) is 0 Å². The molecule has 2 fully saturated rings. The topological polar surface area (TPSA) is 137 Å². The van der Waals surface area contributed by atoms with E-state index < -0.39 is 22.9 Å². The summed E-state index contributed by atoms with van der Waals surface area (Å²) in [5.41, 5.74) is 1.14. The molecule has 1 aromatic carbocycles. The number of halogens is 1. The molecule has 1 atom stereocenters. The van der Waals surface area contributed by atoms with Gasteiger partial charge < -0.3 is 25.2 Å². The molecule has 2 aromatic rings. The average molecular weight is 535 g/mol. The first-order valence-corrected chi connectivity index (χ1v) is 12.6. The van der Waals surface area contributed by atoms with Crippen LogP contribution in [0.4, 0.5) is 36.2 Å². The molecule has 0 spiro atoms. The lowest BCUT2D eigenvalue weighted by Gasteiger charge is -2.36. The van der Waals surface area contributed by atoms with Gasteiger partial charge in [0.25, 0.3) is 0 Å². The zero-order valence-corrected chi connectivity index (χ0v) is 21.2. The summed E-state index contributed by atoms with van der Waals surface area (Å²) in [6.07, 6.45) is -0.868. The number of benzene rings is 1. The Morgan fingerprint density at radius 3 is 2.46 bits per heavy atom. The Balaban J connectivity index is 1.41. The second-order valence-electron chi connectivity index (χ2n) is 8.62. The first-order chi connectivity index (χ1) is 17.7. The number of nitrogens with zero attached hydrogens (tertiary/aromatic N) is 4. The van der Waals surface area contributed by atoms with E-state index in [2.05, 4.69) is 10.6 Å². The molecule has 12 nitrogen and oxygen atoms in total. The Kier molecular flexibility index (Phi) is 7.76. The van der Waals surface area contributed by atoms with Crippen molar-refractivity contribution in [3.8, 4) is 0 Å². The molecule has 37 heavy (non-hydrogen) atoms. The summed E-state index contributed by atoms with van der Waals surface area (Å²) < 4.78 is 20.3. The molecule has 2 aliphatic heterocycles. The van der Waals surface area contributed by atoms with Crippen LogP contribution in [0.2, 0.25) is 0 Å². The van der Waals surface area contributed by atoms with Crippen molar-refractivity contribution >= 4 is 56.3 Å². The summed E-state index contributed by atoms with van der Waals surface area (Å²) in [7, 11) is 0. The number of nitrogens with one attached hydrogen (secondary N) is 2. The number of carbonyl (C=O) groups is 3. The number of thiophene rings is 1. The minimum atomic E-state index is -0.608. The summed E-state index contributed by atoms with van der Waals surface area (Å²) in [6, 6.07) is 6.12. The quantitative estimate of drug-likeness (QED) is 0.390. The van der Waals surface area contributed by atoms with E-state index in [0.717, 1.165) is 11.3 Å². The highest BCUT2D eigenvalue weighted by Gasteiger charge is 2.33. The molecule has 14 heteroatoms. The lowest BCUT2D eigenvalue weighted by atomic mass is 10.2. The fraction of sp³-hybridized carbons (Fsp3) is 0.435. The Labute approximate surface area is 216 Å². The molecule has 0 bridgehead atoms. The second kappa shape index (κ2) is 11.0. The Bertz CT molecular complexity index is 1210. The van der Waals surface area contributed by atoms with Crippen molar-refractivity contribution in [1.82, 2.24) is 5.32 Å². The highest BCUT2D eigenvalue weighted by atomic mass is 32.1. The standard InChI is InChI=1S/C23H27FN6O6S/c1-3-20(32)26-21-11-19(22(37-21)30(34)35)28-8-6-27(7-9-28)18-5-4-15(10-17(18)24)29-13-16(36-23(29)33)12-25-14(2)31/h4-5,10-11,16H,3,6-9,12-13H2,1-2H3,(H,25,31)(H,26,32). The van der Waals surface area contributed by atoms with Crippen LogP contribution in [0, 0.1) is 15.9 Å². The number of rotatable bonds is 8. The fourth-order valence-electron chi connectivity index (χ4n) is 4.22. The van der Waals surface area contributed by atoms with Gasteiger partial charge in [-0.05, 0) is 29.5 Å². The Morgan fingerprint density at radius 1 is 1.19 bits per heavy atom. The maximum atomic E-state index is 15.1. The molecule has 1 unspecified atom stereocenters. The Morgan fingerprint density at radius 2 is 1.86 bits per heavy atom. The maximum Gasteiger partial charge on any atom is 0.414 e. The number of anilines is 4. The molecule has 0 aliphatic carbocycles. The number of hydrogen-bond acceptors (Lipinski definition) is 9. The van der Waals surface area contributed by atoms with Crippen LogP contribution in [0.5, 0.6) is 0 Å². The van der Waals surface area contributed by atoms with Gasteiger partial charge in [0.1, 0.15) is 22.6 Å². The third kappa shape index (κ3) is 5.90. The van der Waals surface area contributed by atoms with E-state index in [1.54, 1.807) is 25.1 Å². The van der Waals surface area contributed by atoms with E-state index in [0.29, 0.717) is 48.2 Å². The lowest BCUT2D eigenvalue weighted by Crippen LogP contribution is -2.46. The SMILES string of the molecule is CCC(=O)Nc1cc(N2CCN(c3ccc(N4CC(CNC(C)=O)OC4=O)cc3F)CC2)c([N+](=O)[O-])s1. The van der Waals surface area contributed by atoms with E-state index in [1.807, 2.05) is 9.80 Å². The molecule has 3 amide bonds. The third-order valence-electron chi connectivity index (χ3n) is 6.10. The molecule has 198 valence electrons. The predicted molar refractivity (Wildman–Crippen MR) is 137 cm³/mol. The third-order valence-corrected chi connectivity index (χ3v) is 7.09. The molecule has 3 heterocycles. The number of hydrogen-bond donors (Lipinski definition) is 2. The summed E-state index contributed by atoms with van der Waals surface area (Å²) >= 11 is 0.914. The number of cyclic esters (lactones) is 1. The van der Waals surface area contributed by atoms with Gasteiger partial charge in [0, 0.05) is 45.6 Å². The fourth-order valence-corrected chi connectivity index (χ4v) is 5.13. The zero-order chi connectivity index (χ0) is 26.7. The molecule has 0 saturated carbocycles. The molecular formula is C23H27FN6O6S. The smallest absolute Gasteiger partial charge is 0.414 e. The molecule has 0 radical (unpaired) electrons. The lowest BCUT2D eigenvalue weighted by molar-refractivity contribution is -0.379. The molecule has 1 aromatic heterocycles. The van der Waals surface area contributed by atoms with Crippen molar-refractivity contribution in [2.75, 3.05) is 59.3 Å². The van der Waals surface area contributed by atoms with Gasteiger partial charge in [-0.2, -0.15) is 0 Å². The number of carbonyl (C=O) groups excluding carboxylic acids is 3. The molecule has 4 rings (SSSR count). The van der Waals surface area contributed by atoms with Crippen LogP contribution in [0.25, 0.3) is 0 Å². The highest BCUT2D eigenvalue weighted by Crippen LogP contribution is 2.41. The first kappa shape index (κ1) is 26.1. The summed E-state index contributed by atoms with van der Waals surface area (Å²) in [4.78, 5) is 51.2. The van der Waals surface area contributed by atoms with Crippen LogP contribution in [-0.2, 0) is 14.3 Å². The van der Waals surface area contributed by atoms with E-state index >= 15 is 4.39 Å². The van der Waals surface area contributed by atoms with Crippen LogP contribution < -0.4 is 25.3 Å². The minimum Gasteiger partial charge on any atom is -0.442 e. The van der Waals surface area contributed by atoms with Crippen LogP contribution >= 0.6 is 11.3 Å². The van der Waals surface area contributed by atoms with Crippen LogP contribution in [0.1, 0.15) is 20.3 Å². The number of nitro groups is 1. The van der Waals surface area contributed by atoms with Crippen LogP contribution in [0.3, 0.4) is 0 Å². The number of ether oxygens (including phenoxy) is 1. The van der Waals surface area contributed by atoms with Crippen molar-refractivity contribution < 1.29 is 28.4 Å². The van der Waals surface area contributed by atoms with E-state index in [1.165, 1.54) is 17.9 Å². The zero-order valence-electron chi connectivity index (χ0n) is 20.4. The van der Waals surface area contributed by atoms with Gasteiger partial charge in [0.15, 0.2) is 0 Å². The maximum absolute atomic E-state index is 15.1. The van der Waals surface area contributed by atoms with Crippen LogP contribution in [-0.4, -0.2) is 68.2 Å². The summed E-state index contributed by atoms with van der Waals surface area (Å²) in [5.74, 6) is -0.964. The van der Waals surface area contributed by atoms with E-state index in [-0.39, 0.29) is 36.3 Å². The summed E-state index contributed by atoms with van der Waals surface area (Å²) in [5, 5.41) is 17.2. The van der Waals surface area contributed by atoms with Crippen molar-refractivity contribution in [3.05, 3.63) is 40.2 Å².